The SMILES string of the molecule is NCC1CCC(CNCc2ccc(CNCC3CCC(CN)CC3)cc2)CC1. The first-order valence-corrected chi connectivity index (χ1v) is 11.7. The fourth-order valence-corrected chi connectivity index (χ4v) is 4.96. The van der Waals surface area contributed by atoms with Crippen LogP contribution in [0.5, 0.6) is 0 Å². The van der Waals surface area contributed by atoms with Gasteiger partial charge >= 0.3 is 0 Å². The fourth-order valence-electron chi connectivity index (χ4n) is 4.96. The Morgan fingerprint density at radius 3 is 1.21 bits per heavy atom. The number of nitrogens with one attached hydrogen (secondary N) is 2. The van der Waals surface area contributed by atoms with Crippen molar-refractivity contribution in [2.75, 3.05) is 26.2 Å². The van der Waals surface area contributed by atoms with E-state index in [1.807, 2.05) is 0 Å². The quantitative estimate of drug-likeness (QED) is 0.497. The molecule has 158 valence electrons. The van der Waals surface area contributed by atoms with Gasteiger partial charge in [-0.1, -0.05) is 24.3 Å². The summed E-state index contributed by atoms with van der Waals surface area (Å²) < 4.78 is 0. The van der Waals surface area contributed by atoms with Crippen molar-refractivity contribution in [2.24, 2.45) is 35.1 Å². The highest BCUT2D eigenvalue weighted by Crippen LogP contribution is 2.28. The molecule has 0 amide bonds. The Kier molecular flexibility index (Phi) is 9.26. The molecule has 2 fully saturated rings. The molecule has 0 saturated heterocycles. The van der Waals surface area contributed by atoms with Crippen LogP contribution < -0.4 is 22.1 Å². The average Bonchev–Trinajstić information content (AvgIpc) is 2.76. The van der Waals surface area contributed by atoms with Crippen molar-refractivity contribution in [1.82, 2.24) is 10.6 Å². The zero-order valence-corrected chi connectivity index (χ0v) is 17.7. The maximum atomic E-state index is 5.79. The summed E-state index contributed by atoms with van der Waals surface area (Å²) in [6.45, 7) is 6.00. The van der Waals surface area contributed by atoms with Crippen molar-refractivity contribution >= 4 is 0 Å². The van der Waals surface area contributed by atoms with E-state index in [0.29, 0.717) is 0 Å². The summed E-state index contributed by atoms with van der Waals surface area (Å²) in [5.74, 6) is 3.23. The molecule has 0 radical (unpaired) electrons. The molecule has 2 saturated carbocycles. The highest BCUT2D eigenvalue weighted by atomic mass is 14.9. The Morgan fingerprint density at radius 2 is 0.893 bits per heavy atom. The Labute approximate surface area is 172 Å². The Hall–Kier alpha value is -0.940. The molecule has 1 aromatic rings. The van der Waals surface area contributed by atoms with Gasteiger partial charge < -0.3 is 22.1 Å². The van der Waals surface area contributed by atoms with Gasteiger partial charge in [-0.15, -0.1) is 0 Å². The molecule has 6 N–H and O–H groups in total. The van der Waals surface area contributed by atoms with Gasteiger partial charge in [-0.05, 0) is 112 Å². The molecule has 0 aromatic heterocycles. The first kappa shape index (κ1) is 21.8. The zero-order chi connectivity index (χ0) is 19.6. The van der Waals surface area contributed by atoms with Gasteiger partial charge in [0.15, 0.2) is 0 Å². The monoisotopic (exact) mass is 386 g/mol. The molecule has 0 aliphatic heterocycles. The van der Waals surface area contributed by atoms with Crippen LogP contribution in [-0.2, 0) is 13.1 Å². The van der Waals surface area contributed by atoms with Gasteiger partial charge in [0.05, 0.1) is 0 Å². The highest BCUT2D eigenvalue weighted by Gasteiger charge is 2.20. The molecule has 4 nitrogen and oxygen atoms in total. The molecule has 2 aliphatic carbocycles. The first-order chi connectivity index (χ1) is 13.8. The third-order valence-corrected chi connectivity index (χ3v) is 7.15. The summed E-state index contributed by atoms with van der Waals surface area (Å²) in [7, 11) is 0. The summed E-state index contributed by atoms with van der Waals surface area (Å²) in [5, 5.41) is 7.32. The maximum absolute atomic E-state index is 5.79. The van der Waals surface area contributed by atoms with E-state index in [9.17, 15) is 0 Å². The van der Waals surface area contributed by atoms with Crippen LogP contribution in [0.25, 0.3) is 0 Å². The topological polar surface area (TPSA) is 76.1 Å². The minimum atomic E-state index is 0.776. The lowest BCUT2D eigenvalue weighted by Gasteiger charge is -2.28. The number of rotatable bonds is 10. The maximum Gasteiger partial charge on any atom is 0.0205 e. The van der Waals surface area contributed by atoms with Crippen LogP contribution in [0.2, 0.25) is 0 Å². The van der Waals surface area contributed by atoms with Crippen molar-refractivity contribution in [3.05, 3.63) is 35.4 Å². The molecule has 0 heterocycles. The van der Waals surface area contributed by atoms with Crippen molar-refractivity contribution in [3.63, 3.8) is 0 Å². The lowest BCUT2D eigenvalue weighted by molar-refractivity contribution is 0.272. The average molecular weight is 387 g/mol. The number of hydrogen-bond acceptors (Lipinski definition) is 4. The van der Waals surface area contributed by atoms with Crippen LogP contribution in [0, 0.1) is 23.7 Å². The van der Waals surface area contributed by atoms with Gasteiger partial charge in [0.25, 0.3) is 0 Å². The Bertz CT molecular complexity index is 479. The molecule has 0 atom stereocenters. The van der Waals surface area contributed by atoms with E-state index in [1.54, 1.807) is 0 Å². The summed E-state index contributed by atoms with van der Waals surface area (Å²) in [4.78, 5) is 0. The predicted octanol–water partition coefficient (Wildman–Crippen LogP) is 3.40. The van der Waals surface area contributed by atoms with Crippen molar-refractivity contribution in [3.8, 4) is 0 Å². The van der Waals surface area contributed by atoms with E-state index in [2.05, 4.69) is 34.9 Å². The summed E-state index contributed by atoms with van der Waals surface area (Å²) >= 11 is 0. The Balaban J connectivity index is 1.27. The normalized spacial score (nSPS) is 28.4. The van der Waals surface area contributed by atoms with Crippen LogP contribution in [0.4, 0.5) is 0 Å². The van der Waals surface area contributed by atoms with Gasteiger partial charge in [-0.3, -0.25) is 0 Å². The molecule has 0 bridgehead atoms. The number of hydrogen-bond donors (Lipinski definition) is 4. The molecule has 0 unspecified atom stereocenters. The van der Waals surface area contributed by atoms with Gasteiger partial charge in [0.1, 0.15) is 0 Å². The van der Waals surface area contributed by atoms with E-state index in [0.717, 1.165) is 62.9 Å². The number of benzene rings is 1. The minimum absolute atomic E-state index is 0.776. The second-order valence-corrected chi connectivity index (χ2v) is 9.32. The summed E-state index contributed by atoms with van der Waals surface area (Å²) in [6.07, 6.45) is 10.6. The largest absolute Gasteiger partial charge is 0.330 e. The van der Waals surface area contributed by atoms with Gasteiger partial charge in [-0.2, -0.15) is 0 Å². The molecule has 1 aromatic carbocycles. The lowest BCUT2D eigenvalue weighted by atomic mass is 9.82. The van der Waals surface area contributed by atoms with Gasteiger partial charge in [-0.25, -0.2) is 0 Å². The van der Waals surface area contributed by atoms with E-state index in [4.69, 9.17) is 11.5 Å². The Morgan fingerprint density at radius 1 is 0.571 bits per heavy atom. The first-order valence-electron chi connectivity index (χ1n) is 11.7. The van der Waals surface area contributed by atoms with Crippen LogP contribution >= 0.6 is 0 Å². The molecule has 4 heteroatoms. The second-order valence-electron chi connectivity index (χ2n) is 9.32. The fraction of sp³-hybridized carbons (Fsp3) is 0.750. The zero-order valence-electron chi connectivity index (χ0n) is 17.7. The summed E-state index contributed by atoms with van der Waals surface area (Å²) in [6, 6.07) is 9.12. The third-order valence-electron chi connectivity index (χ3n) is 7.15. The van der Waals surface area contributed by atoms with E-state index < -0.39 is 0 Å². The molecule has 28 heavy (non-hydrogen) atoms. The molecule has 2 aliphatic rings. The standard InChI is InChI=1S/C24H42N4/c25-13-19-1-5-21(6-2-19)15-27-17-23-9-11-24(12-10-23)18-28-16-22-7-3-20(14-26)4-8-22/h9-12,19-22,27-28H,1-8,13-18,25-26H2. The molecule has 3 rings (SSSR count). The smallest absolute Gasteiger partial charge is 0.0205 e. The lowest BCUT2D eigenvalue weighted by Crippen LogP contribution is -2.28. The predicted molar refractivity (Wildman–Crippen MR) is 119 cm³/mol. The van der Waals surface area contributed by atoms with Gasteiger partial charge in [0, 0.05) is 13.1 Å². The molecule has 0 spiro atoms. The van der Waals surface area contributed by atoms with Crippen molar-refractivity contribution in [1.29, 1.82) is 0 Å². The van der Waals surface area contributed by atoms with E-state index >= 15 is 0 Å². The molecular weight excluding hydrogens is 344 g/mol. The van der Waals surface area contributed by atoms with Gasteiger partial charge in [0.2, 0.25) is 0 Å². The van der Waals surface area contributed by atoms with Crippen LogP contribution in [0.15, 0.2) is 24.3 Å². The third kappa shape index (κ3) is 7.14. The van der Waals surface area contributed by atoms with Crippen molar-refractivity contribution < 1.29 is 0 Å². The van der Waals surface area contributed by atoms with Crippen LogP contribution in [-0.4, -0.2) is 26.2 Å². The van der Waals surface area contributed by atoms with Crippen LogP contribution in [0.3, 0.4) is 0 Å². The van der Waals surface area contributed by atoms with E-state index in [-0.39, 0.29) is 0 Å². The van der Waals surface area contributed by atoms with Crippen molar-refractivity contribution in [2.45, 2.75) is 64.5 Å². The minimum Gasteiger partial charge on any atom is -0.330 e. The van der Waals surface area contributed by atoms with E-state index in [1.165, 1.54) is 62.5 Å². The van der Waals surface area contributed by atoms with Crippen LogP contribution in [0.1, 0.15) is 62.5 Å². The second kappa shape index (κ2) is 11.9. The highest BCUT2D eigenvalue weighted by molar-refractivity contribution is 5.22. The summed E-state index contributed by atoms with van der Waals surface area (Å²) in [5.41, 5.74) is 14.4. The number of nitrogens with two attached hydrogens (primary N) is 2. The molecular formula is C24H42N4.